The lowest BCUT2D eigenvalue weighted by atomic mass is 10.2. The summed E-state index contributed by atoms with van der Waals surface area (Å²) in [6, 6.07) is 16.0. The molecule has 6 heteroatoms. The van der Waals surface area contributed by atoms with E-state index < -0.39 is 13.2 Å². The fourth-order valence-corrected chi connectivity index (χ4v) is 9.15. The lowest BCUT2D eigenvalue weighted by Crippen LogP contribution is -2.22. The highest BCUT2D eigenvalue weighted by atomic mass is 31.2. The van der Waals surface area contributed by atoms with E-state index in [2.05, 4.69) is 66.5 Å². The molecule has 0 radical (unpaired) electrons. The average Bonchev–Trinajstić information content (AvgIpc) is 3.30. The maximum absolute atomic E-state index is 10.5. The molecule has 0 bridgehead atoms. The number of aromatic amines is 1. The molecule has 1 N–H and O–H groups in total. The molecule has 0 aliphatic carbocycles. The predicted octanol–water partition coefficient (Wildman–Crippen LogP) is 5.93. The van der Waals surface area contributed by atoms with Crippen molar-refractivity contribution in [3.8, 4) is 0 Å². The number of rotatable bonds is 12. The van der Waals surface area contributed by atoms with Gasteiger partial charge in [-0.15, -0.1) is 0 Å². The Labute approximate surface area is 193 Å². The van der Waals surface area contributed by atoms with Crippen LogP contribution in [0.25, 0.3) is 11.0 Å². The maximum Gasteiger partial charge on any atom is 0.122 e. The van der Waals surface area contributed by atoms with Gasteiger partial charge in [-0.1, -0.05) is 82.5 Å². The zero-order valence-corrected chi connectivity index (χ0v) is 20.7. The minimum Gasteiger partial charge on any atom is -0.545 e. The van der Waals surface area contributed by atoms with Crippen LogP contribution in [-0.2, 0) is 6.16 Å². The fourth-order valence-electron chi connectivity index (χ4n) is 4.06. The number of nitrogens with zero attached hydrogens (tertiary/aromatic N) is 2. The summed E-state index contributed by atoms with van der Waals surface area (Å²) in [5.41, 5.74) is 2.50. The van der Waals surface area contributed by atoms with Crippen molar-refractivity contribution >= 4 is 24.3 Å². The maximum atomic E-state index is 10.5. The number of para-hydroxylation sites is 1. The molecule has 0 atom stereocenters. The first-order valence-electron chi connectivity index (χ1n) is 11.9. The number of aromatic nitrogens is 3. The van der Waals surface area contributed by atoms with Crippen molar-refractivity contribution in [3.05, 3.63) is 59.7 Å². The Balaban J connectivity index is 0.000000255. The minimum atomic E-state index is -1.24. The summed E-state index contributed by atoms with van der Waals surface area (Å²) in [6.07, 6.45) is 14.4. The second-order valence-electron chi connectivity index (χ2n) is 8.50. The van der Waals surface area contributed by atoms with Gasteiger partial charge in [0, 0.05) is 12.8 Å². The van der Waals surface area contributed by atoms with Crippen LogP contribution in [0.2, 0.25) is 0 Å². The SMILES string of the molecule is CCCC[P+](CCCC)(CCCC)Cc1ccccc1.O=C([O-])c1cccc2n[nH]nc12. The summed E-state index contributed by atoms with van der Waals surface area (Å²) in [5.74, 6) is -1.24. The van der Waals surface area contributed by atoms with Crippen molar-refractivity contribution in [1.82, 2.24) is 15.4 Å². The normalized spacial score (nSPS) is 11.2. The third kappa shape index (κ3) is 8.02. The van der Waals surface area contributed by atoms with E-state index in [1.807, 2.05) is 0 Å². The third-order valence-corrected chi connectivity index (χ3v) is 10.7. The number of carboxylic acids is 1. The molecule has 0 unspecified atom stereocenters. The smallest absolute Gasteiger partial charge is 0.122 e. The van der Waals surface area contributed by atoms with Gasteiger partial charge in [0.25, 0.3) is 0 Å². The zero-order valence-electron chi connectivity index (χ0n) is 19.8. The number of carbonyl (C=O) groups excluding carboxylic acids is 1. The number of fused-ring (bicyclic) bond motifs is 1. The van der Waals surface area contributed by atoms with Crippen LogP contribution in [0.5, 0.6) is 0 Å². The number of nitrogens with one attached hydrogen (secondary N) is 1. The predicted molar refractivity (Wildman–Crippen MR) is 135 cm³/mol. The van der Waals surface area contributed by atoms with Gasteiger partial charge in [0.2, 0.25) is 0 Å². The Morgan fingerprint density at radius 2 is 1.44 bits per heavy atom. The number of carbonyl (C=O) groups is 1. The van der Waals surface area contributed by atoms with Crippen LogP contribution in [0.3, 0.4) is 0 Å². The summed E-state index contributed by atoms with van der Waals surface area (Å²) in [5, 5.41) is 20.3. The van der Waals surface area contributed by atoms with Gasteiger partial charge in [-0.05, 0) is 30.9 Å². The standard InChI is InChI=1S/C19H34P.C7H5N3O2/c1-4-7-15-20(16-8-5-2,17-9-6-3)18-19-13-11-10-12-14-19;11-7(12)4-2-1-3-5-6(4)9-10-8-5/h10-14H,4-9,15-18H2,1-3H3;1-3H,(H,11,12)(H,8,9,10)/q+1;/p-1. The Morgan fingerprint density at radius 1 is 0.844 bits per heavy atom. The number of unbranched alkanes of at least 4 members (excludes halogenated alkanes) is 3. The number of hydrogen-bond acceptors (Lipinski definition) is 4. The molecule has 0 fully saturated rings. The van der Waals surface area contributed by atoms with E-state index in [1.54, 1.807) is 17.7 Å². The molecular weight excluding hydrogens is 417 g/mol. The highest BCUT2D eigenvalue weighted by Crippen LogP contribution is 2.63. The second kappa shape index (κ2) is 14.0. The van der Waals surface area contributed by atoms with Gasteiger partial charge in [-0.2, -0.15) is 15.4 Å². The highest BCUT2D eigenvalue weighted by Gasteiger charge is 2.35. The number of hydrogen-bond donors (Lipinski definition) is 1. The average molecular weight is 456 g/mol. The minimum absolute atomic E-state index is 0.0567. The number of benzene rings is 2. The first-order valence-corrected chi connectivity index (χ1v) is 14.5. The first-order chi connectivity index (χ1) is 15.5. The van der Waals surface area contributed by atoms with Crippen LogP contribution >= 0.6 is 7.26 Å². The van der Waals surface area contributed by atoms with Crippen molar-refractivity contribution in [2.45, 2.75) is 65.5 Å². The summed E-state index contributed by atoms with van der Waals surface area (Å²) in [4.78, 5) is 10.5. The topological polar surface area (TPSA) is 81.7 Å². The molecule has 32 heavy (non-hydrogen) atoms. The van der Waals surface area contributed by atoms with Gasteiger partial charge in [0.05, 0.1) is 30.6 Å². The van der Waals surface area contributed by atoms with Crippen molar-refractivity contribution in [2.24, 2.45) is 0 Å². The van der Waals surface area contributed by atoms with Gasteiger partial charge >= 0.3 is 0 Å². The van der Waals surface area contributed by atoms with Crippen LogP contribution in [0.4, 0.5) is 0 Å². The van der Waals surface area contributed by atoms with Crippen molar-refractivity contribution in [3.63, 3.8) is 0 Å². The summed E-state index contributed by atoms with van der Waals surface area (Å²) in [7, 11) is -0.768. The fraction of sp³-hybridized carbons (Fsp3) is 0.500. The Morgan fingerprint density at radius 3 is 1.97 bits per heavy atom. The molecular formula is C26H38N3O2P. The molecule has 0 amide bonds. The molecule has 3 aromatic rings. The van der Waals surface area contributed by atoms with E-state index in [-0.39, 0.29) is 5.56 Å². The van der Waals surface area contributed by atoms with Gasteiger partial charge in [-0.25, -0.2) is 0 Å². The van der Waals surface area contributed by atoms with Crippen molar-refractivity contribution in [1.29, 1.82) is 0 Å². The number of carboxylic acid groups (broad SMARTS) is 1. The van der Waals surface area contributed by atoms with Gasteiger partial charge < -0.3 is 9.90 Å². The Hall–Kier alpha value is -2.26. The van der Waals surface area contributed by atoms with E-state index in [1.165, 1.54) is 69.2 Å². The van der Waals surface area contributed by atoms with Crippen LogP contribution in [-0.4, -0.2) is 39.9 Å². The molecule has 0 aliphatic heterocycles. The van der Waals surface area contributed by atoms with E-state index in [0.29, 0.717) is 11.0 Å². The van der Waals surface area contributed by atoms with Crippen LogP contribution in [0.1, 0.15) is 75.2 Å². The largest absolute Gasteiger partial charge is 0.545 e. The highest BCUT2D eigenvalue weighted by molar-refractivity contribution is 7.75. The van der Waals surface area contributed by atoms with Crippen molar-refractivity contribution in [2.75, 3.05) is 18.5 Å². The number of H-pyrrole nitrogens is 1. The molecule has 0 saturated heterocycles. The summed E-state index contributed by atoms with van der Waals surface area (Å²) in [6.45, 7) is 7.03. The molecule has 5 nitrogen and oxygen atoms in total. The summed E-state index contributed by atoms with van der Waals surface area (Å²) >= 11 is 0. The molecule has 0 aliphatic rings. The lowest BCUT2D eigenvalue weighted by molar-refractivity contribution is -0.254. The molecule has 1 aromatic heterocycles. The Bertz CT molecular complexity index is 905. The molecule has 2 aromatic carbocycles. The quantitative estimate of drug-likeness (QED) is 0.343. The first kappa shape index (κ1) is 26.0. The van der Waals surface area contributed by atoms with Gasteiger partial charge in [0.1, 0.15) is 11.0 Å². The van der Waals surface area contributed by atoms with E-state index in [9.17, 15) is 9.90 Å². The van der Waals surface area contributed by atoms with Crippen LogP contribution < -0.4 is 5.11 Å². The molecule has 1 heterocycles. The van der Waals surface area contributed by atoms with E-state index in [0.717, 1.165) is 0 Å². The number of aromatic carboxylic acids is 1. The van der Waals surface area contributed by atoms with Crippen molar-refractivity contribution < 1.29 is 9.90 Å². The third-order valence-electron chi connectivity index (χ3n) is 5.89. The lowest BCUT2D eigenvalue weighted by Gasteiger charge is -2.28. The van der Waals surface area contributed by atoms with E-state index in [4.69, 9.17) is 0 Å². The van der Waals surface area contributed by atoms with Crippen LogP contribution in [0.15, 0.2) is 48.5 Å². The molecule has 0 spiro atoms. The van der Waals surface area contributed by atoms with Gasteiger partial charge in [-0.3, -0.25) is 0 Å². The zero-order chi connectivity index (χ0) is 23.2. The molecule has 3 rings (SSSR count). The van der Waals surface area contributed by atoms with Gasteiger partial charge in [0.15, 0.2) is 0 Å². The van der Waals surface area contributed by atoms with Crippen LogP contribution in [0, 0.1) is 0 Å². The second-order valence-corrected chi connectivity index (χ2v) is 12.8. The Kier molecular flexibility index (Phi) is 11.4. The molecule has 174 valence electrons. The van der Waals surface area contributed by atoms with E-state index >= 15 is 0 Å². The molecule has 0 saturated carbocycles. The monoisotopic (exact) mass is 455 g/mol. The summed E-state index contributed by atoms with van der Waals surface area (Å²) < 4.78 is 0.